The van der Waals surface area contributed by atoms with E-state index in [2.05, 4.69) is 20.2 Å². The van der Waals surface area contributed by atoms with Gasteiger partial charge in [0, 0.05) is 23.2 Å². The van der Waals surface area contributed by atoms with E-state index in [-0.39, 0.29) is 21.5 Å². The Morgan fingerprint density at radius 1 is 1.10 bits per heavy atom. The maximum atomic E-state index is 14.7. The third kappa shape index (κ3) is 3.44. The summed E-state index contributed by atoms with van der Waals surface area (Å²) >= 11 is 6.23. The van der Waals surface area contributed by atoms with Crippen molar-refractivity contribution < 1.29 is 12.8 Å². The zero-order valence-electron chi connectivity index (χ0n) is 16.2. The molecule has 1 aromatic carbocycles. The predicted octanol–water partition coefficient (Wildman–Crippen LogP) is 4.16. The Hall–Kier alpha value is -2.91. The quantitative estimate of drug-likeness (QED) is 0.428. The number of sulfone groups is 1. The number of hydrogen-bond donors (Lipinski definition) is 0. The standard InChI is InChI=1S/C20H17ClFN5O2S/c1-3-27-11-23-18-15(10-24-26-20(18)27)12-5-7-16(22)14(9-12)13-6-8-17(25-19(13)21)30(28,29)4-2/h5-11H,3-4H2,1-2H3. The maximum absolute atomic E-state index is 14.7. The van der Waals surface area contributed by atoms with E-state index in [1.165, 1.54) is 25.1 Å². The van der Waals surface area contributed by atoms with Crippen LogP contribution in [0.25, 0.3) is 33.4 Å². The Morgan fingerprint density at radius 2 is 1.90 bits per heavy atom. The SMILES string of the molecule is CCn1cnc2c(-c3ccc(F)c(-c4ccc(S(=O)(=O)CC)nc4Cl)c3)cnnc21. The molecule has 0 saturated heterocycles. The molecule has 0 aliphatic rings. The van der Waals surface area contributed by atoms with Crippen LogP contribution in [0.2, 0.25) is 5.15 Å². The van der Waals surface area contributed by atoms with E-state index in [1.54, 1.807) is 24.7 Å². The summed E-state index contributed by atoms with van der Waals surface area (Å²) in [5, 5.41) is 7.96. The van der Waals surface area contributed by atoms with Crippen molar-refractivity contribution in [3.05, 3.63) is 53.8 Å². The lowest BCUT2D eigenvalue weighted by atomic mass is 10.00. The first-order chi connectivity index (χ1) is 14.4. The average Bonchev–Trinajstić information content (AvgIpc) is 3.17. The molecule has 10 heteroatoms. The van der Waals surface area contributed by atoms with Gasteiger partial charge in [-0.2, -0.15) is 5.10 Å². The number of imidazole rings is 1. The number of halogens is 2. The number of hydrogen-bond acceptors (Lipinski definition) is 6. The topological polar surface area (TPSA) is 90.6 Å². The summed E-state index contributed by atoms with van der Waals surface area (Å²) in [5.74, 6) is -0.611. The Labute approximate surface area is 177 Å². The first-order valence-corrected chi connectivity index (χ1v) is 11.2. The van der Waals surface area contributed by atoms with Crippen molar-refractivity contribution in [3.8, 4) is 22.3 Å². The van der Waals surface area contributed by atoms with Gasteiger partial charge in [-0.05, 0) is 36.8 Å². The second-order valence-corrected chi connectivity index (χ2v) is 9.13. The molecule has 3 aromatic heterocycles. The van der Waals surface area contributed by atoms with E-state index in [1.807, 2.05) is 11.5 Å². The largest absolute Gasteiger partial charge is 0.314 e. The highest BCUT2D eigenvalue weighted by Gasteiger charge is 2.19. The zero-order valence-corrected chi connectivity index (χ0v) is 17.7. The first-order valence-electron chi connectivity index (χ1n) is 9.21. The van der Waals surface area contributed by atoms with Gasteiger partial charge in [0.2, 0.25) is 0 Å². The van der Waals surface area contributed by atoms with Gasteiger partial charge in [0.05, 0.1) is 18.3 Å². The van der Waals surface area contributed by atoms with Gasteiger partial charge in [0.1, 0.15) is 16.5 Å². The number of nitrogens with zero attached hydrogens (tertiary/aromatic N) is 5. The Morgan fingerprint density at radius 3 is 2.60 bits per heavy atom. The van der Waals surface area contributed by atoms with Crippen LogP contribution in [0.4, 0.5) is 4.39 Å². The van der Waals surface area contributed by atoms with Crippen molar-refractivity contribution in [1.82, 2.24) is 24.7 Å². The van der Waals surface area contributed by atoms with Crippen LogP contribution in [0.15, 0.2) is 47.9 Å². The second kappa shape index (κ2) is 7.73. The van der Waals surface area contributed by atoms with Crippen molar-refractivity contribution in [2.75, 3.05) is 5.75 Å². The third-order valence-electron chi connectivity index (χ3n) is 4.83. The number of pyridine rings is 1. The average molecular weight is 446 g/mol. The van der Waals surface area contributed by atoms with Crippen molar-refractivity contribution in [2.45, 2.75) is 25.4 Å². The Bertz CT molecular complexity index is 1370. The van der Waals surface area contributed by atoms with Gasteiger partial charge in [-0.25, -0.2) is 22.8 Å². The van der Waals surface area contributed by atoms with E-state index in [9.17, 15) is 12.8 Å². The zero-order chi connectivity index (χ0) is 21.5. The molecule has 0 atom stereocenters. The van der Waals surface area contributed by atoms with Gasteiger partial charge >= 0.3 is 0 Å². The lowest BCUT2D eigenvalue weighted by Crippen LogP contribution is -2.06. The molecule has 0 unspecified atom stereocenters. The van der Waals surface area contributed by atoms with Crippen LogP contribution in [0.3, 0.4) is 0 Å². The molecule has 0 aliphatic carbocycles. The second-order valence-electron chi connectivity index (χ2n) is 6.55. The van der Waals surface area contributed by atoms with Crippen LogP contribution in [-0.4, -0.2) is 38.9 Å². The highest BCUT2D eigenvalue weighted by atomic mass is 35.5. The summed E-state index contributed by atoms with van der Waals surface area (Å²) in [6, 6.07) is 7.36. The van der Waals surface area contributed by atoms with E-state index < -0.39 is 15.7 Å². The molecule has 0 aliphatic heterocycles. The first kappa shape index (κ1) is 20.4. The van der Waals surface area contributed by atoms with Crippen LogP contribution in [0, 0.1) is 5.82 Å². The van der Waals surface area contributed by atoms with Gasteiger partial charge < -0.3 is 4.57 Å². The summed E-state index contributed by atoms with van der Waals surface area (Å²) in [5.41, 5.74) is 3.15. The molecule has 4 rings (SSSR count). The number of aryl methyl sites for hydroxylation is 1. The number of aromatic nitrogens is 5. The van der Waals surface area contributed by atoms with Crippen molar-refractivity contribution in [2.24, 2.45) is 0 Å². The van der Waals surface area contributed by atoms with E-state index >= 15 is 0 Å². The molecule has 0 radical (unpaired) electrons. The fourth-order valence-corrected chi connectivity index (χ4v) is 4.26. The van der Waals surface area contributed by atoms with Crippen LogP contribution < -0.4 is 0 Å². The molecular weight excluding hydrogens is 429 g/mol. The lowest BCUT2D eigenvalue weighted by molar-refractivity contribution is 0.593. The molecule has 0 bridgehead atoms. The van der Waals surface area contributed by atoms with Crippen LogP contribution in [0.1, 0.15) is 13.8 Å². The summed E-state index contributed by atoms with van der Waals surface area (Å²) in [6.45, 7) is 4.19. The van der Waals surface area contributed by atoms with Crippen LogP contribution in [0.5, 0.6) is 0 Å². The molecule has 4 aromatic rings. The van der Waals surface area contributed by atoms with E-state index in [0.29, 0.717) is 34.4 Å². The minimum atomic E-state index is -3.52. The predicted molar refractivity (Wildman–Crippen MR) is 112 cm³/mol. The number of fused-ring (bicyclic) bond motifs is 1. The fraction of sp³-hybridized carbons (Fsp3) is 0.200. The summed E-state index contributed by atoms with van der Waals surface area (Å²) in [4.78, 5) is 8.39. The molecule has 0 fully saturated rings. The Kier molecular flexibility index (Phi) is 5.25. The van der Waals surface area contributed by atoms with Gasteiger partial charge in [-0.1, -0.05) is 24.6 Å². The highest BCUT2D eigenvalue weighted by molar-refractivity contribution is 7.91. The smallest absolute Gasteiger partial charge is 0.195 e. The van der Waals surface area contributed by atoms with Crippen molar-refractivity contribution in [1.29, 1.82) is 0 Å². The van der Waals surface area contributed by atoms with Gasteiger partial charge in [0.25, 0.3) is 0 Å². The molecule has 154 valence electrons. The molecule has 30 heavy (non-hydrogen) atoms. The van der Waals surface area contributed by atoms with E-state index in [4.69, 9.17) is 11.6 Å². The molecular formula is C20H17ClFN5O2S. The van der Waals surface area contributed by atoms with Gasteiger partial charge in [-0.15, -0.1) is 5.10 Å². The maximum Gasteiger partial charge on any atom is 0.195 e. The van der Waals surface area contributed by atoms with Gasteiger partial charge in [-0.3, -0.25) is 0 Å². The number of benzene rings is 1. The van der Waals surface area contributed by atoms with Crippen molar-refractivity contribution >= 4 is 32.6 Å². The highest BCUT2D eigenvalue weighted by Crippen LogP contribution is 2.34. The van der Waals surface area contributed by atoms with Crippen LogP contribution >= 0.6 is 11.6 Å². The molecule has 0 N–H and O–H groups in total. The van der Waals surface area contributed by atoms with Crippen LogP contribution in [-0.2, 0) is 16.4 Å². The van der Waals surface area contributed by atoms with Gasteiger partial charge in [0.15, 0.2) is 20.5 Å². The summed E-state index contributed by atoms with van der Waals surface area (Å²) < 4.78 is 40.6. The lowest BCUT2D eigenvalue weighted by Gasteiger charge is -2.10. The minimum absolute atomic E-state index is 0.0890. The molecule has 0 amide bonds. The molecule has 3 heterocycles. The molecule has 7 nitrogen and oxygen atoms in total. The van der Waals surface area contributed by atoms with E-state index in [0.717, 1.165) is 0 Å². The van der Waals surface area contributed by atoms with Crippen molar-refractivity contribution in [3.63, 3.8) is 0 Å². The number of rotatable bonds is 5. The molecule has 0 spiro atoms. The summed E-state index contributed by atoms with van der Waals surface area (Å²) in [7, 11) is -3.52. The monoisotopic (exact) mass is 445 g/mol. The summed E-state index contributed by atoms with van der Waals surface area (Å²) in [6.07, 6.45) is 3.25. The minimum Gasteiger partial charge on any atom is -0.314 e. The fourth-order valence-electron chi connectivity index (χ4n) is 3.15. The normalized spacial score (nSPS) is 11.9. The molecule has 0 saturated carbocycles. The Balaban J connectivity index is 1.85. The third-order valence-corrected chi connectivity index (χ3v) is 6.75.